The molecule has 1 saturated carbocycles. The van der Waals surface area contributed by atoms with Gasteiger partial charge in [-0.3, -0.25) is 4.98 Å². The number of hydrogen-bond donors (Lipinski definition) is 1. The lowest BCUT2D eigenvalue weighted by molar-refractivity contribution is 0.146. The second-order valence-corrected chi connectivity index (χ2v) is 6.09. The van der Waals surface area contributed by atoms with Crippen LogP contribution in [0.2, 0.25) is 0 Å². The number of aromatic nitrogens is 1. The standard InChI is InChI=1S/C16H25N.C2H7N.C2H6/c1-3-9-16(4-2)10-5-7-14(12-16)15-8-6-11-17-13-15;1-2-3;1-2/h6,8,11,13-14H,3-5,7,9-10,12H2,1-2H3;2-3H2,1H3;1-2H3. The summed E-state index contributed by atoms with van der Waals surface area (Å²) in [5.41, 5.74) is 6.93. The molecule has 2 atom stereocenters. The Morgan fingerprint density at radius 1 is 1.27 bits per heavy atom. The van der Waals surface area contributed by atoms with E-state index in [2.05, 4.69) is 37.2 Å². The highest BCUT2D eigenvalue weighted by Crippen LogP contribution is 2.48. The van der Waals surface area contributed by atoms with E-state index < -0.39 is 0 Å². The van der Waals surface area contributed by atoms with Gasteiger partial charge in [-0.05, 0) is 55.2 Å². The van der Waals surface area contributed by atoms with Gasteiger partial charge in [0, 0.05) is 12.4 Å². The fourth-order valence-electron chi connectivity index (χ4n) is 3.61. The Hall–Kier alpha value is -0.890. The number of nitrogens with zero attached hydrogens (tertiary/aromatic N) is 1. The second-order valence-electron chi connectivity index (χ2n) is 6.09. The Morgan fingerprint density at radius 2 is 1.95 bits per heavy atom. The summed E-state index contributed by atoms with van der Waals surface area (Å²) in [6, 6.07) is 4.34. The van der Waals surface area contributed by atoms with Crippen molar-refractivity contribution in [1.29, 1.82) is 0 Å². The van der Waals surface area contributed by atoms with Crippen molar-refractivity contribution in [3.05, 3.63) is 30.1 Å². The maximum absolute atomic E-state index is 4.85. The van der Waals surface area contributed by atoms with Gasteiger partial charge in [-0.2, -0.15) is 0 Å². The van der Waals surface area contributed by atoms with Crippen molar-refractivity contribution < 1.29 is 0 Å². The average Bonchev–Trinajstić information content (AvgIpc) is 2.59. The molecule has 2 nitrogen and oxygen atoms in total. The minimum atomic E-state index is 0.619. The first-order valence-corrected chi connectivity index (χ1v) is 9.31. The van der Waals surface area contributed by atoms with Crippen LogP contribution >= 0.6 is 0 Å². The van der Waals surface area contributed by atoms with Crippen LogP contribution in [0.3, 0.4) is 0 Å². The molecule has 0 saturated heterocycles. The van der Waals surface area contributed by atoms with Crippen LogP contribution in [-0.4, -0.2) is 11.5 Å². The molecule has 1 fully saturated rings. The summed E-state index contributed by atoms with van der Waals surface area (Å²) in [7, 11) is 0. The molecule has 2 N–H and O–H groups in total. The van der Waals surface area contributed by atoms with Crippen molar-refractivity contribution in [1.82, 2.24) is 4.98 Å². The van der Waals surface area contributed by atoms with E-state index in [-0.39, 0.29) is 0 Å². The highest BCUT2D eigenvalue weighted by molar-refractivity contribution is 5.16. The van der Waals surface area contributed by atoms with Crippen molar-refractivity contribution in [2.24, 2.45) is 11.1 Å². The summed E-state index contributed by atoms with van der Waals surface area (Å²) < 4.78 is 0. The lowest BCUT2D eigenvalue weighted by Gasteiger charge is -2.40. The molecule has 2 rings (SSSR count). The average molecular weight is 307 g/mol. The Morgan fingerprint density at radius 3 is 2.45 bits per heavy atom. The van der Waals surface area contributed by atoms with Gasteiger partial charge in [0.25, 0.3) is 0 Å². The summed E-state index contributed by atoms with van der Waals surface area (Å²) in [5.74, 6) is 0.754. The predicted molar refractivity (Wildman–Crippen MR) is 99.2 cm³/mol. The van der Waals surface area contributed by atoms with E-state index in [0.29, 0.717) is 5.41 Å². The van der Waals surface area contributed by atoms with Gasteiger partial charge < -0.3 is 5.73 Å². The molecule has 1 aromatic heterocycles. The molecule has 0 spiro atoms. The highest BCUT2D eigenvalue weighted by Gasteiger charge is 2.34. The van der Waals surface area contributed by atoms with Gasteiger partial charge in [-0.25, -0.2) is 0 Å². The Labute approximate surface area is 138 Å². The first kappa shape index (κ1) is 21.1. The van der Waals surface area contributed by atoms with Gasteiger partial charge in [-0.1, -0.05) is 59.9 Å². The lowest BCUT2D eigenvalue weighted by Crippen LogP contribution is -2.27. The fourth-order valence-corrected chi connectivity index (χ4v) is 3.61. The molecule has 0 aliphatic heterocycles. The van der Waals surface area contributed by atoms with E-state index in [1.165, 1.54) is 50.5 Å². The third-order valence-electron chi connectivity index (χ3n) is 4.63. The minimum absolute atomic E-state index is 0.619. The van der Waals surface area contributed by atoms with E-state index in [1.807, 2.05) is 27.0 Å². The quantitative estimate of drug-likeness (QED) is 0.749. The van der Waals surface area contributed by atoms with Crippen LogP contribution in [-0.2, 0) is 0 Å². The van der Waals surface area contributed by atoms with Gasteiger partial charge in [-0.15, -0.1) is 0 Å². The number of hydrogen-bond acceptors (Lipinski definition) is 2. The van der Waals surface area contributed by atoms with Crippen molar-refractivity contribution in [2.45, 2.75) is 85.5 Å². The number of pyridine rings is 1. The molecule has 0 radical (unpaired) electrons. The van der Waals surface area contributed by atoms with E-state index in [0.717, 1.165) is 12.5 Å². The van der Waals surface area contributed by atoms with Crippen LogP contribution in [0.4, 0.5) is 0 Å². The second kappa shape index (κ2) is 12.6. The molecular weight excluding hydrogens is 268 g/mol. The van der Waals surface area contributed by atoms with E-state index >= 15 is 0 Å². The fraction of sp³-hybridized carbons (Fsp3) is 0.750. The molecule has 1 aliphatic rings. The third-order valence-corrected chi connectivity index (χ3v) is 4.63. The largest absolute Gasteiger partial charge is 0.331 e. The first-order valence-electron chi connectivity index (χ1n) is 9.31. The van der Waals surface area contributed by atoms with Crippen LogP contribution < -0.4 is 5.73 Å². The first-order chi connectivity index (χ1) is 10.7. The summed E-state index contributed by atoms with van der Waals surface area (Å²) in [5, 5.41) is 0. The predicted octanol–water partition coefficient (Wildman–Crippen LogP) is 5.93. The molecule has 22 heavy (non-hydrogen) atoms. The van der Waals surface area contributed by atoms with Crippen LogP contribution in [0, 0.1) is 5.41 Å². The zero-order valence-electron chi connectivity index (χ0n) is 15.6. The molecule has 1 aromatic rings. The van der Waals surface area contributed by atoms with Crippen molar-refractivity contribution in [2.75, 3.05) is 6.54 Å². The van der Waals surface area contributed by atoms with Gasteiger partial charge in [0.2, 0.25) is 0 Å². The van der Waals surface area contributed by atoms with Gasteiger partial charge in [0.15, 0.2) is 0 Å². The van der Waals surface area contributed by atoms with Crippen LogP contribution in [0.1, 0.15) is 91.0 Å². The molecule has 2 heteroatoms. The zero-order chi connectivity index (χ0) is 16.8. The molecule has 2 unspecified atom stereocenters. The molecule has 1 heterocycles. The van der Waals surface area contributed by atoms with Crippen molar-refractivity contribution >= 4 is 0 Å². The zero-order valence-corrected chi connectivity index (χ0v) is 15.6. The summed E-state index contributed by atoms with van der Waals surface area (Å²) >= 11 is 0. The summed E-state index contributed by atoms with van der Waals surface area (Å²) in [6.45, 7) is 11.4. The summed E-state index contributed by atoms with van der Waals surface area (Å²) in [4.78, 5) is 4.28. The molecule has 128 valence electrons. The van der Waals surface area contributed by atoms with Crippen LogP contribution in [0.25, 0.3) is 0 Å². The molecular formula is C20H38N2. The van der Waals surface area contributed by atoms with E-state index in [1.54, 1.807) is 0 Å². The Bertz CT molecular complexity index is 346. The SMILES string of the molecule is CC.CCCC1(CC)CCCC(c2cccnc2)C1.CCN. The smallest absolute Gasteiger partial charge is 0.0302 e. The molecule has 0 bridgehead atoms. The monoisotopic (exact) mass is 306 g/mol. The maximum atomic E-state index is 4.85. The number of nitrogens with two attached hydrogens (primary N) is 1. The van der Waals surface area contributed by atoms with Gasteiger partial charge in [0.1, 0.15) is 0 Å². The normalized spacial score (nSPS) is 23.6. The van der Waals surface area contributed by atoms with Crippen molar-refractivity contribution in [3.63, 3.8) is 0 Å². The third kappa shape index (κ3) is 6.91. The Balaban J connectivity index is 0.000000789. The van der Waals surface area contributed by atoms with Crippen LogP contribution in [0.15, 0.2) is 24.5 Å². The van der Waals surface area contributed by atoms with Crippen molar-refractivity contribution in [3.8, 4) is 0 Å². The lowest BCUT2D eigenvalue weighted by atomic mass is 9.65. The highest BCUT2D eigenvalue weighted by atomic mass is 14.6. The minimum Gasteiger partial charge on any atom is -0.331 e. The van der Waals surface area contributed by atoms with Gasteiger partial charge >= 0.3 is 0 Å². The summed E-state index contributed by atoms with van der Waals surface area (Å²) in [6.07, 6.45) is 13.6. The molecule has 1 aliphatic carbocycles. The number of rotatable bonds is 4. The molecule has 0 amide bonds. The maximum Gasteiger partial charge on any atom is 0.0302 e. The van der Waals surface area contributed by atoms with E-state index in [4.69, 9.17) is 5.73 Å². The van der Waals surface area contributed by atoms with E-state index in [9.17, 15) is 0 Å². The topological polar surface area (TPSA) is 38.9 Å². The van der Waals surface area contributed by atoms with Crippen LogP contribution in [0.5, 0.6) is 0 Å². The molecule has 0 aromatic carbocycles. The van der Waals surface area contributed by atoms with Gasteiger partial charge in [0.05, 0.1) is 0 Å². The Kier molecular flexibility index (Phi) is 12.1.